The van der Waals surface area contributed by atoms with E-state index in [2.05, 4.69) is 30.9 Å². The maximum absolute atomic E-state index is 12.2. The molecule has 5 nitrogen and oxygen atoms in total. The Morgan fingerprint density at radius 1 is 1.00 bits per heavy atom. The molecule has 2 aromatic heterocycles. The molecule has 0 bridgehead atoms. The number of hydrogen-bond donors (Lipinski definition) is 0. The molecule has 0 amide bonds. The Labute approximate surface area is 133 Å². The van der Waals surface area contributed by atoms with Crippen molar-refractivity contribution in [3.05, 3.63) is 69.8 Å². The Balaban J connectivity index is 2.11. The van der Waals surface area contributed by atoms with Gasteiger partial charge in [0.05, 0.1) is 5.52 Å². The fraction of sp³-hybridized carbons (Fsp3) is 0. The second-order valence-electron chi connectivity index (χ2n) is 4.80. The van der Waals surface area contributed by atoms with Crippen LogP contribution < -0.4 is 5.69 Å². The number of benzene rings is 2. The first-order valence-electron chi connectivity index (χ1n) is 6.62. The van der Waals surface area contributed by atoms with E-state index in [1.165, 1.54) is 10.7 Å². The topological polar surface area (TPSA) is 60.2 Å². The van der Waals surface area contributed by atoms with Crippen LogP contribution in [0.25, 0.3) is 27.9 Å². The molecule has 2 aromatic carbocycles. The average molecular weight is 353 g/mol. The Morgan fingerprint density at radius 2 is 1.82 bits per heavy atom. The van der Waals surface area contributed by atoms with Crippen LogP contribution >= 0.6 is 15.9 Å². The fourth-order valence-electron chi connectivity index (χ4n) is 2.35. The van der Waals surface area contributed by atoms with Gasteiger partial charge < -0.3 is 0 Å². The van der Waals surface area contributed by atoms with Crippen LogP contribution in [0.1, 0.15) is 0 Å². The van der Waals surface area contributed by atoms with Gasteiger partial charge in [0.25, 0.3) is 0 Å². The average Bonchev–Trinajstić information content (AvgIpc) is 2.55. The summed E-state index contributed by atoms with van der Waals surface area (Å²) in [6.45, 7) is 0. The molecule has 0 aliphatic rings. The van der Waals surface area contributed by atoms with Crippen molar-refractivity contribution in [1.82, 2.24) is 19.4 Å². The van der Waals surface area contributed by atoms with Gasteiger partial charge in [-0.25, -0.2) is 19.2 Å². The first-order valence-corrected chi connectivity index (χ1v) is 7.42. The van der Waals surface area contributed by atoms with Crippen molar-refractivity contribution in [3.63, 3.8) is 0 Å². The van der Waals surface area contributed by atoms with Gasteiger partial charge in [0.15, 0.2) is 11.5 Å². The van der Waals surface area contributed by atoms with E-state index in [1.807, 2.05) is 48.5 Å². The standard InChI is InChI=1S/C16H9BrN4O/c17-11-6-7-12-13(8-11)18-9-21-15(12)19-14(20-16(21)22)10-4-2-1-3-5-10/h1-9H. The van der Waals surface area contributed by atoms with E-state index in [-0.39, 0.29) is 5.69 Å². The third-order valence-corrected chi connectivity index (χ3v) is 3.89. The maximum Gasteiger partial charge on any atom is 0.356 e. The van der Waals surface area contributed by atoms with Crippen molar-refractivity contribution < 1.29 is 0 Å². The highest BCUT2D eigenvalue weighted by Crippen LogP contribution is 2.21. The number of fused-ring (bicyclic) bond motifs is 3. The minimum Gasteiger partial charge on any atom is -0.245 e. The summed E-state index contributed by atoms with van der Waals surface area (Å²) in [6, 6.07) is 15.1. The molecule has 0 radical (unpaired) electrons. The van der Waals surface area contributed by atoms with Crippen LogP contribution in [-0.4, -0.2) is 19.4 Å². The van der Waals surface area contributed by atoms with E-state index in [1.54, 1.807) is 0 Å². The summed E-state index contributed by atoms with van der Waals surface area (Å²) in [5.74, 6) is 0.418. The van der Waals surface area contributed by atoms with Crippen molar-refractivity contribution >= 4 is 32.5 Å². The predicted molar refractivity (Wildman–Crippen MR) is 87.7 cm³/mol. The zero-order chi connectivity index (χ0) is 15.1. The van der Waals surface area contributed by atoms with Crippen LogP contribution in [0.5, 0.6) is 0 Å². The highest BCUT2D eigenvalue weighted by molar-refractivity contribution is 9.10. The monoisotopic (exact) mass is 352 g/mol. The molecule has 2 heterocycles. The Hall–Kier alpha value is -2.60. The van der Waals surface area contributed by atoms with Crippen molar-refractivity contribution in [2.45, 2.75) is 0 Å². The van der Waals surface area contributed by atoms with Gasteiger partial charge in [-0.05, 0) is 18.2 Å². The summed E-state index contributed by atoms with van der Waals surface area (Å²) in [5, 5.41) is 0.808. The molecular formula is C16H9BrN4O. The second-order valence-corrected chi connectivity index (χ2v) is 5.71. The van der Waals surface area contributed by atoms with Crippen molar-refractivity contribution in [3.8, 4) is 11.4 Å². The Morgan fingerprint density at radius 3 is 2.64 bits per heavy atom. The highest BCUT2D eigenvalue weighted by atomic mass is 79.9. The zero-order valence-electron chi connectivity index (χ0n) is 11.3. The second kappa shape index (κ2) is 4.99. The van der Waals surface area contributed by atoms with E-state index in [0.717, 1.165) is 20.9 Å². The van der Waals surface area contributed by atoms with Gasteiger partial charge in [-0.1, -0.05) is 46.3 Å². The van der Waals surface area contributed by atoms with Crippen LogP contribution in [0.4, 0.5) is 0 Å². The molecule has 6 heteroatoms. The molecule has 0 spiro atoms. The molecule has 0 N–H and O–H groups in total. The molecule has 106 valence electrons. The molecule has 0 saturated heterocycles. The summed E-state index contributed by atoms with van der Waals surface area (Å²) >= 11 is 3.42. The van der Waals surface area contributed by atoms with Crippen LogP contribution in [0.15, 0.2) is 64.1 Å². The Bertz CT molecular complexity index is 1060. The molecule has 22 heavy (non-hydrogen) atoms. The van der Waals surface area contributed by atoms with E-state index < -0.39 is 0 Å². The summed E-state index contributed by atoms with van der Waals surface area (Å²) in [5.41, 5.74) is 1.74. The molecule has 0 atom stereocenters. The van der Waals surface area contributed by atoms with E-state index in [4.69, 9.17) is 0 Å². The fourth-order valence-corrected chi connectivity index (χ4v) is 2.69. The van der Waals surface area contributed by atoms with Gasteiger partial charge in [0.2, 0.25) is 0 Å². The first kappa shape index (κ1) is 13.1. The number of rotatable bonds is 1. The van der Waals surface area contributed by atoms with Crippen LogP contribution in [0, 0.1) is 0 Å². The van der Waals surface area contributed by atoms with Crippen LogP contribution in [-0.2, 0) is 0 Å². The molecule has 4 aromatic rings. The van der Waals surface area contributed by atoms with Gasteiger partial charge in [0.1, 0.15) is 6.33 Å². The van der Waals surface area contributed by atoms with E-state index in [0.29, 0.717) is 11.5 Å². The minimum atomic E-state index is -0.388. The predicted octanol–water partition coefficient (Wildman–Crippen LogP) is 3.07. The summed E-state index contributed by atoms with van der Waals surface area (Å²) in [7, 11) is 0. The number of aromatic nitrogens is 4. The maximum atomic E-state index is 12.2. The SMILES string of the molecule is O=c1nc(-c2ccccc2)nc2c3ccc(Br)cc3ncn12. The lowest BCUT2D eigenvalue weighted by atomic mass is 10.2. The van der Waals surface area contributed by atoms with Crippen LogP contribution in [0.2, 0.25) is 0 Å². The molecule has 0 aliphatic carbocycles. The third-order valence-electron chi connectivity index (χ3n) is 3.39. The first-order chi connectivity index (χ1) is 10.7. The zero-order valence-corrected chi connectivity index (χ0v) is 12.9. The van der Waals surface area contributed by atoms with Crippen LogP contribution in [0.3, 0.4) is 0 Å². The lowest BCUT2D eigenvalue weighted by Crippen LogP contribution is -2.19. The molecule has 0 saturated carbocycles. The number of halogens is 1. The van der Waals surface area contributed by atoms with E-state index >= 15 is 0 Å². The molecule has 0 aliphatic heterocycles. The smallest absolute Gasteiger partial charge is 0.245 e. The minimum absolute atomic E-state index is 0.388. The van der Waals surface area contributed by atoms with Gasteiger partial charge in [-0.3, -0.25) is 0 Å². The van der Waals surface area contributed by atoms with Crippen molar-refractivity contribution in [2.24, 2.45) is 0 Å². The van der Waals surface area contributed by atoms with Crippen molar-refractivity contribution in [2.75, 3.05) is 0 Å². The molecule has 0 fully saturated rings. The lowest BCUT2D eigenvalue weighted by molar-refractivity contribution is 0.931. The largest absolute Gasteiger partial charge is 0.356 e. The van der Waals surface area contributed by atoms with Gasteiger partial charge >= 0.3 is 5.69 Å². The van der Waals surface area contributed by atoms with Crippen molar-refractivity contribution in [1.29, 1.82) is 0 Å². The van der Waals surface area contributed by atoms with Gasteiger partial charge in [0, 0.05) is 15.4 Å². The normalized spacial score (nSPS) is 11.1. The third kappa shape index (κ3) is 2.08. The summed E-state index contributed by atoms with van der Waals surface area (Å²) < 4.78 is 2.29. The van der Waals surface area contributed by atoms with E-state index in [9.17, 15) is 4.79 Å². The summed E-state index contributed by atoms with van der Waals surface area (Å²) in [4.78, 5) is 25.1. The molecule has 4 rings (SSSR count). The number of hydrogen-bond acceptors (Lipinski definition) is 4. The summed E-state index contributed by atoms with van der Waals surface area (Å²) in [6.07, 6.45) is 1.46. The van der Waals surface area contributed by atoms with Gasteiger partial charge in [-0.2, -0.15) is 4.98 Å². The lowest BCUT2D eigenvalue weighted by Gasteiger charge is -2.06. The highest BCUT2D eigenvalue weighted by Gasteiger charge is 2.10. The molecular weight excluding hydrogens is 344 g/mol. The van der Waals surface area contributed by atoms with Gasteiger partial charge in [-0.15, -0.1) is 0 Å². The quantitative estimate of drug-likeness (QED) is 0.494. The molecule has 0 unspecified atom stereocenters. The number of nitrogens with zero attached hydrogens (tertiary/aromatic N) is 4. The Kier molecular flexibility index (Phi) is 2.97.